The van der Waals surface area contributed by atoms with Gasteiger partial charge in [0, 0.05) is 35.6 Å². The van der Waals surface area contributed by atoms with Crippen LogP contribution < -0.4 is 11.1 Å². The van der Waals surface area contributed by atoms with Gasteiger partial charge in [0.2, 0.25) is 5.91 Å². The van der Waals surface area contributed by atoms with E-state index in [1.54, 1.807) is 12.1 Å². The third kappa shape index (κ3) is 5.74. The van der Waals surface area contributed by atoms with Gasteiger partial charge in [0.25, 0.3) is 11.8 Å². The first-order chi connectivity index (χ1) is 16.3. The first-order valence-corrected chi connectivity index (χ1v) is 13.1. The van der Waals surface area contributed by atoms with E-state index in [2.05, 4.69) is 5.32 Å². The largest absolute Gasteiger partial charge is 0.350 e. The van der Waals surface area contributed by atoms with E-state index >= 15 is 0 Å². The molecule has 1 saturated heterocycles. The Morgan fingerprint density at radius 3 is 2.44 bits per heavy atom. The predicted octanol–water partition coefficient (Wildman–Crippen LogP) is 3.68. The highest BCUT2D eigenvalue weighted by molar-refractivity contribution is 7.10. The molecule has 4 rings (SSSR count). The summed E-state index contributed by atoms with van der Waals surface area (Å²) in [6, 6.07) is 8.55. The molecule has 10 heteroatoms. The summed E-state index contributed by atoms with van der Waals surface area (Å²) in [5.74, 6) is -0.883. The van der Waals surface area contributed by atoms with Gasteiger partial charge in [0.05, 0.1) is 16.5 Å². The van der Waals surface area contributed by atoms with E-state index in [1.165, 1.54) is 27.2 Å². The molecule has 7 nitrogen and oxygen atoms in total. The van der Waals surface area contributed by atoms with Crippen molar-refractivity contribution in [3.05, 3.63) is 56.2 Å². The quantitative estimate of drug-likeness (QED) is 0.625. The third-order valence-corrected chi connectivity index (χ3v) is 8.01. The average molecular weight is 523 g/mol. The Hall–Kier alpha value is -2.13. The second kappa shape index (κ2) is 11.1. The molecule has 1 unspecified atom stereocenters. The maximum absolute atomic E-state index is 13.6. The molecule has 3 N–H and O–H groups in total. The van der Waals surface area contributed by atoms with Gasteiger partial charge in [-0.1, -0.05) is 29.3 Å². The maximum Gasteiger partial charge on any atom is 0.264 e. The predicted molar refractivity (Wildman–Crippen MR) is 134 cm³/mol. The van der Waals surface area contributed by atoms with Crippen LogP contribution in [0.25, 0.3) is 0 Å². The molecule has 1 atom stereocenters. The van der Waals surface area contributed by atoms with Crippen LogP contribution in [-0.4, -0.2) is 58.9 Å². The third-order valence-electron chi connectivity index (χ3n) is 6.39. The minimum absolute atomic E-state index is 0.0228. The van der Waals surface area contributed by atoms with Crippen LogP contribution in [0.5, 0.6) is 0 Å². The number of hydrogen-bond donors (Lipinski definition) is 2. The number of nitrogens with zero attached hydrogens (tertiary/aromatic N) is 2. The lowest BCUT2D eigenvalue weighted by Gasteiger charge is -2.43. The number of halogens is 2. The monoisotopic (exact) mass is 522 g/mol. The summed E-state index contributed by atoms with van der Waals surface area (Å²) >= 11 is 13.7. The number of hydrogen-bond acceptors (Lipinski definition) is 5. The van der Waals surface area contributed by atoms with Crippen LogP contribution in [0, 0.1) is 0 Å². The standard InChI is InChI=1S/C24H28Cl2N4O3S/c25-19-9-4-15(13-20(19)26)24(33)30-11-2-10-29(21(31)14-18-3-1-12-34-18)23(30)22(32)28-17-7-5-16(27)6-8-17/h1,3-4,9,12-13,16-17,23H,2,5-8,10-11,14,27H2,(H,28,32). The Balaban J connectivity index is 1.59. The number of carbonyl (C=O) groups excluding carboxylic acids is 3. The van der Waals surface area contributed by atoms with Gasteiger partial charge in [-0.05, 0) is 61.7 Å². The zero-order chi connectivity index (χ0) is 24.2. The lowest BCUT2D eigenvalue weighted by molar-refractivity contribution is -0.149. The fourth-order valence-corrected chi connectivity index (χ4v) is 5.57. The number of thiophene rings is 1. The first kappa shape index (κ1) is 25.0. The molecule has 2 aromatic rings. The number of nitrogens with one attached hydrogen (secondary N) is 1. The molecule has 182 valence electrons. The summed E-state index contributed by atoms with van der Waals surface area (Å²) in [6.07, 6.45) is 2.97. The number of amides is 3. The number of carbonyl (C=O) groups is 3. The van der Waals surface area contributed by atoms with Crippen LogP contribution in [0.2, 0.25) is 10.0 Å². The summed E-state index contributed by atoms with van der Waals surface area (Å²) in [4.78, 5) is 44.2. The van der Waals surface area contributed by atoms with Crippen molar-refractivity contribution < 1.29 is 14.4 Å². The molecule has 0 bridgehead atoms. The fraction of sp³-hybridized carbons (Fsp3) is 0.458. The van der Waals surface area contributed by atoms with E-state index in [1.807, 2.05) is 17.5 Å². The van der Waals surface area contributed by atoms with Gasteiger partial charge in [-0.25, -0.2) is 0 Å². The van der Waals surface area contributed by atoms with Crippen molar-refractivity contribution in [2.45, 2.75) is 56.8 Å². The second-order valence-corrected chi connectivity index (χ2v) is 10.7. The molecule has 1 aromatic carbocycles. The molecule has 0 spiro atoms. The second-order valence-electron chi connectivity index (χ2n) is 8.82. The minimum Gasteiger partial charge on any atom is -0.350 e. The van der Waals surface area contributed by atoms with E-state index in [0.29, 0.717) is 30.1 Å². The van der Waals surface area contributed by atoms with E-state index < -0.39 is 6.17 Å². The fourth-order valence-electron chi connectivity index (χ4n) is 4.58. The maximum atomic E-state index is 13.6. The molecule has 2 heterocycles. The Bertz CT molecular complexity index is 1040. The summed E-state index contributed by atoms with van der Waals surface area (Å²) in [5.41, 5.74) is 6.33. The Morgan fingerprint density at radius 1 is 1.03 bits per heavy atom. The zero-order valence-corrected chi connectivity index (χ0v) is 21.0. The molecule has 3 amide bonds. The van der Waals surface area contributed by atoms with Crippen molar-refractivity contribution in [3.63, 3.8) is 0 Å². The van der Waals surface area contributed by atoms with Gasteiger partial charge in [0.15, 0.2) is 6.17 Å². The van der Waals surface area contributed by atoms with Gasteiger partial charge >= 0.3 is 0 Å². The van der Waals surface area contributed by atoms with Crippen molar-refractivity contribution in [2.75, 3.05) is 13.1 Å². The Morgan fingerprint density at radius 2 is 1.76 bits per heavy atom. The highest BCUT2D eigenvalue weighted by Gasteiger charge is 2.41. The van der Waals surface area contributed by atoms with Crippen LogP contribution >= 0.6 is 34.5 Å². The van der Waals surface area contributed by atoms with Crippen molar-refractivity contribution in [3.8, 4) is 0 Å². The Kier molecular flexibility index (Phi) is 8.14. The van der Waals surface area contributed by atoms with Crippen LogP contribution in [0.1, 0.15) is 47.3 Å². The number of rotatable bonds is 5. The summed E-state index contributed by atoms with van der Waals surface area (Å²) < 4.78 is 0. The van der Waals surface area contributed by atoms with Gasteiger partial charge in [0.1, 0.15) is 0 Å². The molecular weight excluding hydrogens is 495 g/mol. The van der Waals surface area contributed by atoms with Crippen molar-refractivity contribution in [1.82, 2.24) is 15.1 Å². The van der Waals surface area contributed by atoms with Crippen LogP contribution in [0.3, 0.4) is 0 Å². The molecule has 2 fully saturated rings. The number of nitrogens with two attached hydrogens (primary N) is 1. The van der Waals surface area contributed by atoms with Crippen LogP contribution in [-0.2, 0) is 16.0 Å². The zero-order valence-electron chi connectivity index (χ0n) is 18.7. The summed E-state index contributed by atoms with van der Waals surface area (Å²) in [5, 5.41) is 5.60. The normalized spacial score (nSPS) is 23.0. The van der Waals surface area contributed by atoms with Crippen LogP contribution in [0.4, 0.5) is 0 Å². The smallest absolute Gasteiger partial charge is 0.264 e. The molecule has 1 aliphatic carbocycles. The molecular formula is C24H28Cl2N4O3S. The lowest BCUT2D eigenvalue weighted by Crippen LogP contribution is -2.64. The highest BCUT2D eigenvalue weighted by atomic mass is 35.5. The van der Waals surface area contributed by atoms with Crippen LogP contribution in [0.15, 0.2) is 35.7 Å². The molecule has 1 aromatic heterocycles. The van der Waals surface area contributed by atoms with E-state index in [-0.39, 0.29) is 41.2 Å². The van der Waals surface area contributed by atoms with Gasteiger partial charge in [-0.3, -0.25) is 14.4 Å². The van der Waals surface area contributed by atoms with E-state index in [9.17, 15) is 14.4 Å². The van der Waals surface area contributed by atoms with Gasteiger partial charge < -0.3 is 20.9 Å². The van der Waals surface area contributed by atoms with Crippen molar-refractivity contribution >= 4 is 52.3 Å². The van der Waals surface area contributed by atoms with Gasteiger partial charge in [-0.2, -0.15) is 0 Å². The SMILES string of the molecule is NC1CCC(NC(=O)C2N(C(=O)Cc3cccs3)CCCN2C(=O)c2ccc(Cl)c(Cl)c2)CC1. The van der Waals surface area contributed by atoms with Crippen molar-refractivity contribution in [1.29, 1.82) is 0 Å². The lowest BCUT2D eigenvalue weighted by atomic mass is 9.91. The van der Waals surface area contributed by atoms with E-state index in [0.717, 1.165) is 30.6 Å². The molecule has 1 aliphatic heterocycles. The van der Waals surface area contributed by atoms with Crippen molar-refractivity contribution in [2.24, 2.45) is 5.73 Å². The molecule has 34 heavy (non-hydrogen) atoms. The number of benzene rings is 1. The molecule has 0 radical (unpaired) electrons. The minimum atomic E-state index is -1.03. The Labute approximate surface area is 213 Å². The highest BCUT2D eigenvalue weighted by Crippen LogP contribution is 2.26. The molecule has 2 aliphatic rings. The average Bonchev–Trinajstić information content (AvgIpc) is 3.34. The summed E-state index contributed by atoms with van der Waals surface area (Å²) in [6.45, 7) is 0.762. The first-order valence-electron chi connectivity index (χ1n) is 11.5. The van der Waals surface area contributed by atoms with Gasteiger partial charge in [-0.15, -0.1) is 11.3 Å². The topological polar surface area (TPSA) is 95.7 Å². The van der Waals surface area contributed by atoms with E-state index in [4.69, 9.17) is 28.9 Å². The summed E-state index contributed by atoms with van der Waals surface area (Å²) in [7, 11) is 0. The molecule has 1 saturated carbocycles.